The van der Waals surface area contributed by atoms with Crippen LogP contribution in [-0.4, -0.2) is 32.6 Å². The van der Waals surface area contributed by atoms with Crippen molar-refractivity contribution in [2.45, 2.75) is 6.54 Å². The van der Waals surface area contributed by atoms with E-state index in [0.717, 1.165) is 4.90 Å². The molecule has 0 unspecified atom stereocenters. The van der Waals surface area contributed by atoms with E-state index in [1.165, 1.54) is 24.7 Å². The number of anilines is 1. The van der Waals surface area contributed by atoms with E-state index in [0.29, 0.717) is 21.8 Å². The van der Waals surface area contributed by atoms with Crippen LogP contribution in [0.1, 0.15) is 36.8 Å². The van der Waals surface area contributed by atoms with Gasteiger partial charge in [0.25, 0.3) is 17.7 Å². The molecule has 8 heteroatoms. The van der Waals surface area contributed by atoms with Gasteiger partial charge in [0.05, 0.1) is 17.7 Å². The summed E-state index contributed by atoms with van der Waals surface area (Å²) in [6.45, 7) is -0.0370. The number of fused-ring (bicyclic) bond motifs is 1. The number of amides is 3. The van der Waals surface area contributed by atoms with Crippen LogP contribution in [0.5, 0.6) is 0 Å². The van der Waals surface area contributed by atoms with Gasteiger partial charge < -0.3 is 5.32 Å². The van der Waals surface area contributed by atoms with Crippen molar-refractivity contribution < 1.29 is 14.4 Å². The first kappa shape index (κ1) is 17.8. The standard InChI is InChI=1S/C20H13ClN4O3/c21-13-4-5-16(24-18(26)17-3-1-2-7-23-17)12(9-13)11-25-19(27)14-6-8-22-10-15(14)20(25)28/h1-10H,11H2,(H,24,26). The number of hydrogen-bond donors (Lipinski definition) is 1. The molecule has 2 aromatic heterocycles. The normalized spacial score (nSPS) is 12.8. The number of rotatable bonds is 4. The Morgan fingerprint density at radius 3 is 2.61 bits per heavy atom. The van der Waals surface area contributed by atoms with Crippen LogP contribution in [0.3, 0.4) is 0 Å². The van der Waals surface area contributed by atoms with E-state index in [1.54, 1.807) is 36.4 Å². The van der Waals surface area contributed by atoms with Gasteiger partial charge in [-0.1, -0.05) is 17.7 Å². The first-order valence-corrected chi connectivity index (χ1v) is 8.73. The Balaban J connectivity index is 1.62. The molecular weight excluding hydrogens is 380 g/mol. The van der Waals surface area contributed by atoms with Gasteiger partial charge >= 0.3 is 0 Å². The molecule has 28 heavy (non-hydrogen) atoms. The van der Waals surface area contributed by atoms with Crippen LogP contribution in [0.15, 0.2) is 61.1 Å². The molecule has 0 saturated carbocycles. The highest BCUT2D eigenvalue weighted by Crippen LogP contribution is 2.28. The average molecular weight is 393 g/mol. The summed E-state index contributed by atoms with van der Waals surface area (Å²) < 4.78 is 0. The number of hydrogen-bond acceptors (Lipinski definition) is 5. The molecule has 1 N–H and O–H groups in total. The van der Waals surface area contributed by atoms with Gasteiger partial charge in [0.15, 0.2) is 0 Å². The third kappa shape index (κ3) is 3.23. The summed E-state index contributed by atoms with van der Waals surface area (Å²) in [5, 5.41) is 3.18. The highest BCUT2D eigenvalue weighted by atomic mass is 35.5. The highest BCUT2D eigenvalue weighted by Gasteiger charge is 2.36. The van der Waals surface area contributed by atoms with Crippen molar-refractivity contribution in [2.24, 2.45) is 0 Å². The summed E-state index contributed by atoms with van der Waals surface area (Å²) in [6.07, 6.45) is 4.35. The molecule has 3 amide bonds. The number of halogens is 1. The van der Waals surface area contributed by atoms with Gasteiger partial charge in [-0.3, -0.25) is 29.3 Å². The lowest BCUT2D eigenvalue weighted by molar-refractivity contribution is 0.0642. The Morgan fingerprint density at radius 2 is 1.86 bits per heavy atom. The van der Waals surface area contributed by atoms with Crippen LogP contribution in [0.2, 0.25) is 5.02 Å². The number of carbonyl (C=O) groups excluding carboxylic acids is 3. The fraction of sp³-hybridized carbons (Fsp3) is 0.0500. The monoisotopic (exact) mass is 392 g/mol. The molecular formula is C20H13ClN4O3. The van der Waals surface area contributed by atoms with Crippen LogP contribution in [0.4, 0.5) is 5.69 Å². The van der Waals surface area contributed by atoms with E-state index in [4.69, 9.17) is 11.6 Å². The number of nitrogens with one attached hydrogen (secondary N) is 1. The second-order valence-electron chi connectivity index (χ2n) is 6.09. The Kier molecular flexibility index (Phi) is 4.58. The Bertz CT molecular complexity index is 1070. The average Bonchev–Trinajstić information content (AvgIpc) is 2.96. The van der Waals surface area contributed by atoms with Crippen LogP contribution < -0.4 is 5.32 Å². The molecule has 1 aliphatic rings. The van der Waals surface area contributed by atoms with Crippen molar-refractivity contribution in [1.82, 2.24) is 14.9 Å². The van der Waals surface area contributed by atoms with Gasteiger partial charge in [-0.15, -0.1) is 0 Å². The summed E-state index contributed by atoms with van der Waals surface area (Å²) in [6, 6.07) is 11.4. The second-order valence-corrected chi connectivity index (χ2v) is 6.52. The van der Waals surface area contributed by atoms with Crippen LogP contribution >= 0.6 is 11.6 Å². The lowest BCUT2D eigenvalue weighted by atomic mass is 10.1. The van der Waals surface area contributed by atoms with Gasteiger partial charge in [0.1, 0.15) is 5.69 Å². The Labute approximate surface area is 165 Å². The van der Waals surface area contributed by atoms with Crippen molar-refractivity contribution in [3.05, 3.63) is 88.5 Å². The first-order valence-electron chi connectivity index (χ1n) is 8.35. The molecule has 138 valence electrons. The predicted octanol–water partition coefficient (Wildman–Crippen LogP) is 3.18. The SMILES string of the molecule is O=C(Nc1ccc(Cl)cc1CN1C(=O)c2ccncc2C1=O)c1ccccn1. The van der Waals surface area contributed by atoms with Crippen molar-refractivity contribution in [2.75, 3.05) is 5.32 Å². The molecule has 3 heterocycles. The predicted molar refractivity (Wildman–Crippen MR) is 102 cm³/mol. The van der Waals surface area contributed by atoms with Crippen molar-refractivity contribution >= 4 is 35.0 Å². The van der Waals surface area contributed by atoms with Crippen molar-refractivity contribution in [1.29, 1.82) is 0 Å². The van der Waals surface area contributed by atoms with Crippen LogP contribution in [0, 0.1) is 0 Å². The molecule has 0 atom stereocenters. The quantitative estimate of drug-likeness (QED) is 0.688. The summed E-state index contributed by atoms with van der Waals surface area (Å²) >= 11 is 6.09. The largest absolute Gasteiger partial charge is 0.320 e. The molecule has 0 spiro atoms. The first-order chi connectivity index (χ1) is 13.5. The minimum Gasteiger partial charge on any atom is -0.320 e. The fourth-order valence-electron chi connectivity index (χ4n) is 2.95. The zero-order valence-electron chi connectivity index (χ0n) is 14.4. The van der Waals surface area contributed by atoms with E-state index in [2.05, 4.69) is 15.3 Å². The Morgan fingerprint density at radius 1 is 1.04 bits per heavy atom. The molecule has 0 aliphatic carbocycles. The van der Waals surface area contributed by atoms with Gasteiger partial charge in [0.2, 0.25) is 0 Å². The third-order valence-electron chi connectivity index (χ3n) is 4.31. The molecule has 0 fully saturated rings. The lowest BCUT2D eigenvalue weighted by Crippen LogP contribution is -2.29. The lowest BCUT2D eigenvalue weighted by Gasteiger charge is -2.17. The summed E-state index contributed by atoms with van der Waals surface area (Å²) in [5.41, 5.74) is 1.78. The summed E-state index contributed by atoms with van der Waals surface area (Å²) in [7, 11) is 0. The number of pyridine rings is 2. The topological polar surface area (TPSA) is 92.3 Å². The number of benzene rings is 1. The van der Waals surface area contributed by atoms with E-state index >= 15 is 0 Å². The number of imide groups is 1. The molecule has 1 aromatic carbocycles. The van der Waals surface area contributed by atoms with E-state index in [9.17, 15) is 14.4 Å². The molecule has 1 aliphatic heterocycles. The maximum absolute atomic E-state index is 12.6. The molecule has 4 rings (SSSR count). The molecule has 0 saturated heterocycles. The highest BCUT2D eigenvalue weighted by molar-refractivity contribution is 6.30. The Hall–Kier alpha value is -3.58. The third-order valence-corrected chi connectivity index (χ3v) is 4.55. The van der Waals surface area contributed by atoms with Crippen LogP contribution in [-0.2, 0) is 6.54 Å². The van der Waals surface area contributed by atoms with E-state index in [1.807, 2.05) is 0 Å². The van der Waals surface area contributed by atoms with E-state index < -0.39 is 17.7 Å². The fourth-order valence-corrected chi connectivity index (χ4v) is 3.14. The minimum absolute atomic E-state index is 0.0370. The number of carbonyl (C=O) groups is 3. The van der Waals surface area contributed by atoms with Crippen molar-refractivity contribution in [3.63, 3.8) is 0 Å². The van der Waals surface area contributed by atoms with Crippen LogP contribution in [0.25, 0.3) is 0 Å². The zero-order chi connectivity index (χ0) is 19.7. The zero-order valence-corrected chi connectivity index (χ0v) is 15.2. The van der Waals surface area contributed by atoms with Gasteiger partial charge in [-0.25, -0.2) is 0 Å². The number of aromatic nitrogens is 2. The van der Waals surface area contributed by atoms with Crippen molar-refractivity contribution in [3.8, 4) is 0 Å². The van der Waals surface area contributed by atoms with Gasteiger partial charge in [0, 0.05) is 29.3 Å². The second kappa shape index (κ2) is 7.21. The minimum atomic E-state index is -0.435. The summed E-state index contributed by atoms with van der Waals surface area (Å²) in [5.74, 6) is -1.25. The summed E-state index contributed by atoms with van der Waals surface area (Å²) in [4.78, 5) is 46.6. The van der Waals surface area contributed by atoms with E-state index in [-0.39, 0.29) is 17.8 Å². The maximum Gasteiger partial charge on any atom is 0.274 e. The number of nitrogens with zero attached hydrogens (tertiary/aromatic N) is 3. The molecule has 0 bridgehead atoms. The molecule has 7 nitrogen and oxygen atoms in total. The molecule has 0 radical (unpaired) electrons. The van der Waals surface area contributed by atoms with Gasteiger partial charge in [-0.05, 0) is 42.0 Å². The smallest absolute Gasteiger partial charge is 0.274 e. The maximum atomic E-state index is 12.6. The molecule has 3 aromatic rings. The van der Waals surface area contributed by atoms with Gasteiger partial charge in [-0.2, -0.15) is 0 Å².